The van der Waals surface area contributed by atoms with Gasteiger partial charge < -0.3 is 0 Å². The van der Waals surface area contributed by atoms with E-state index in [1.807, 2.05) is 0 Å². The molecule has 1 aliphatic rings. The lowest BCUT2D eigenvalue weighted by Crippen LogP contribution is -2.47. The summed E-state index contributed by atoms with van der Waals surface area (Å²) >= 11 is 0. The highest BCUT2D eigenvalue weighted by atomic mass is 19.4. The first-order valence-electron chi connectivity index (χ1n) is 7.59. The second-order valence-corrected chi connectivity index (χ2v) is 6.30. The van der Waals surface area contributed by atoms with Gasteiger partial charge in [-0.3, -0.25) is 9.69 Å². The minimum atomic E-state index is -4.44. The third-order valence-corrected chi connectivity index (χ3v) is 4.28. The number of halogens is 3. The van der Waals surface area contributed by atoms with Gasteiger partial charge in [0.2, 0.25) is 11.9 Å². The normalized spacial score (nSPS) is 15.3. The number of carbonyl (C=O) groups excluding carboxylic acids is 1. The summed E-state index contributed by atoms with van der Waals surface area (Å²) in [4.78, 5) is 18.6. The number of amides is 1. The minimum Gasteiger partial charge on any atom is -0.280 e. The quantitative estimate of drug-likeness (QED) is 0.846. The average Bonchev–Trinajstić information content (AvgIpc) is 3.02. The van der Waals surface area contributed by atoms with Crippen LogP contribution in [-0.4, -0.2) is 27.2 Å². The molecule has 0 N–H and O–H groups in total. The fourth-order valence-electron chi connectivity index (χ4n) is 2.84. The molecule has 5 nitrogen and oxygen atoms in total. The zero-order valence-electron chi connectivity index (χ0n) is 13.3. The fraction of sp³-hybridized carbons (Fsp3) is 0.438. The van der Waals surface area contributed by atoms with E-state index in [2.05, 4.69) is 10.1 Å². The molecule has 2 aromatic rings. The Morgan fingerprint density at radius 1 is 1.17 bits per heavy atom. The number of fused-ring (bicyclic) bond motifs is 1. The Morgan fingerprint density at radius 2 is 1.88 bits per heavy atom. The van der Waals surface area contributed by atoms with E-state index in [1.165, 1.54) is 17.3 Å². The molecular formula is C16H17F3N4O. The van der Waals surface area contributed by atoms with Crippen molar-refractivity contribution in [2.45, 2.75) is 38.4 Å². The number of alkyl halides is 3. The Kier molecular flexibility index (Phi) is 3.85. The maximum absolute atomic E-state index is 13.0. The van der Waals surface area contributed by atoms with Gasteiger partial charge >= 0.3 is 6.18 Å². The first kappa shape index (κ1) is 16.5. The molecule has 3 rings (SSSR count). The smallest absolute Gasteiger partial charge is 0.280 e. The van der Waals surface area contributed by atoms with Crippen molar-refractivity contribution >= 4 is 11.9 Å². The number of hydrogen-bond donors (Lipinski definition) is 0. The third-order valence-electron chi connectivity index (χ3n) is 4.28. The molecule has 1 amide bonds. The zero-order chi connectivity index (χ0) is 17.5. The second kappa shape index (κ2) is 5.61. The van der Waals surface area contributed by atoms with E-state index in [0.29, 0.717) is 24.6 Å². The van der Waals surface area contributed by atoms with Crippen molar-refractivity contribution in [1.29, 1.82) is 0 Å². The van der Waals surface area contributed by atoms with Crippen LogP contribution in [0.2, 0.25) is 0 Å². The van der Waals surface area contributed by atoms with Crippen LogP contribution in [0.15, 0.2) is 30.6 Å². The molecule has 1 aliphatic heterocycles. The van der Waals surface area contributed by atoms with Crippen LogP contribution in [0.5, 0.6) is 0 Å². The van der Waals surface area contributed by atoms with Crippen molar-refractivity contribution in [3.8, 4) is 0 Å². The molecule has 0 spiro atoms. The molecule has 0 atom stereocenters. The highest BCUT2D eigenvalue weighted by Crippen LogP contribution is 2.34. The lowest BCUT2D eigenvalue weighted by molar-refractivity contribution is -0.137. The fourth-order valence-corrected chi connectivity index (χ4v) is 2.84. The summed E-state index contributed by atoms with van der Waals surface area (Å²) in [5.74, 6) is 0.141. The van der Waals surface area contributed by atoms with Gasteiger partial charge in [0.25, 0.3) is 0 Å². The molecular weight excluding hydrogens is 321 g/mol. The SMILES string of the molecule is CC(C)(C(=O)N1CCCn2ncnc21)c1cccc(C(F)(F)F)c1. The van der Waals surface area contributed by atoms with E-state index in [-0.39, 0.29) is 5.91 Å². The van der Waals surface area contributed by atoms with Crippen LogP contribution >= 0.6 is 0 Å². The van der Waals surface area contributed by atoms with E-state index >= 15 is 0 Å². The summed E-state index contributed by atoms with van der Waals surface area (Å²) in [5.41, 5.74) is -1.56. The van der Waals surface area contributed by atoms with Crippen LogP contribution in [0.25, 0.3) is 0 Å². The molecule has 8 heteroatoms. The molecule has 2 heterocycles. The number of nitrogens with zero attached hydrogens (tertiary/aromatic N) is 4. The Balaban J connectivity index is 1.96. The number of hydrogen-bond acceptors (Lipinski definition) is 3. The van der Waals surface area contributed by atoms with Gasteiger partial charge in [-0.1, -0.05) is 18.2 Å². The molecule has 0 radical (unpaired) electrons. The van der Waals surface area contributed by atoms with E-state index in [9.17, 15) is 18.0 Å². The maximum atomic E-state index is 13.0. The molecule has 0 saturated heterocycles. The number of aromatic nitrogens is 3. The van der Waals surface area contributed by atoms with Gasteiger partial charge in [-0.25, -0.2) is 4.68 Å². The number of carbonyl (C=O) groups is 1. The van der Waals surface area contributed by atoms with E-state index in [1.54, 1.807) is 24.6 Å². The zero-order valence-corrected chi connectivity index (χ0v) is 13.3. The monoisotopic (exact) mass is 338 g/mol. The van der Waals surface area contributed by atoms with Crippen molar-refractivity contribution in [2.75, 3.05) is 11.4 Å². The van der Waals surface area contributed by atoms with Gasteiger partial charge in [0, 0.05) is 13.1 Å². The lowest BCUT2D eigenvalue weighted by Gasteiger charge is -2.33. The average molecular weight is 338 g/mol. The van der Waals surface area contributed by atoms with Crippen LogP contribution in [0.1, 0.15) is 31.4 Å². The molecule has 0 bridgehead atoms. The largest absolute Gasteiger partial charge is 0.416 e. The van der Waals surface area contributed by atoms with Gasteiger partial charge in [0.1, 0.15) is 6.33 Å². The third kappa shape index (κ3) is 2.76. The predicted molar refractivity (Wildman–Crippen MR) is 81.5 cm³/mol. The molecule has 1 aromatic carbocycles. The van der Waals surface area contributed by atoms with E-state index in [0.717, 1.165) is 18.6 Å². The Labute approximate surface area is 137 Å². The van der Waals surface area contributed by atoms with Crippen LogP contribution < -0.4 is 4.90 Å². The van der Waals surface area contributed by atoms with Crippen LogP contribution in [0.4, 0.5) is 19.1 Å². The van der Waals surface area contributed by atoms with Crippen LogP contribution in [-0.2, 0) is 22.9 Å². The highest BCUT2D eigenvalue weighted by molar-refractivity contribution is 5.99. The topological polar surface area (TPSA) is 51.0 Å². The lowest BCUT2D eigenvalue weighted by atomic mass is 9.82. The van der Waals surface area contributed by atoms with Crippen molar-refractivity contribution < 1.29 is 18.0 Å². The maximum Gasteiger partial charge on any atom is 0.416 e. The van der Waals surface area contributed by atoms with Crippen molar-refractivity contribution in [3.05, 3.63) is 41.7 Å². The number of aryl methyl sites for hydroxylation is 1. The molecule has 0 aliphatic carbocycles. The van der Waals surface area contributed by atoms with Gasteiger partial charge in [-0.05, 0) is 31.9 Å². The van der Waals surface area contributed by atoms with Crippen LogP contribution in [0, 0.1) is 0 Å². The van der Waals surface area contributed by atoms with Gasteiger partial charge in [0.05, 0.1) is 11.0 Å². The van der Waals surface area contributed by atoms with E-state index in [4.69, 9.17) is 0 Å². The minimum absolute atomic E-state index is 0.296. The number of anilines is 1. The molecule has 0 unspecified atom stereocenters. The first-order valence-corrected chi connectivity index (χ1v) is 7.59. The summed E-state index contributed by atoms with van der Waals surface area (Å²) < 4.78 is 40.5. The van der Waals surface area contributed by atoms with E-state index < -0.39 is 17.2 Å². The van der Waals surface area contributed by atoms with Gasteiger partial charge in [-0.15, -0.1) is 0 Å². The van der Waals surface area contributed by atoms with Gasteiger partial charge in [-0.2, -0.15) is 23.3 Å². The van der Waals surface area contributed by atoms with Crippen molar-refractivity contribution in [2.24, 2.45) is 0 Å². The summed E-state index contributed by atoms with van der Waals surface area (Å²) in [6, 6.07) is 4.90. The predicted octanol–water partition coefficient (Wildman–Crippen LogP) is 3.01. The Morgan fingerprint density at radius 3 is 2.58 bits per heavy atom. The highest BCUT2D eigenvalue weighted by Gasteiger charge is 2.39. The Hall–Kier alpha value is -2.38. The summed E-state index contributed by atoms with van der Waals surface area (Å²) in [6.45, 7) is 4.39. The summed E-state index contributed by atoms with van der Waals surface area (Å²) in [6.07, 6.45) is -2.35. The molecule has 128 valence electrons. The van der Waals surface area contributed by atoms with Crippen LogP contribution in [0.3, 0.4) is 0 Å². The molecule has 0 fully saturated rings. The molecule has 1 aromatic heterocycles. The molecule has 24 heavy (non-hydrogen) atoms. The number of rotatable bonds is 2. The molecule has 0 saturated carbocycles. The van der Waals surface area contributed by atoms with Crippen molar-refractivity contribution in [3.63, 3.8) is 0 Å². The Bertz CT molecular complexity index is 767. The summed E-state index contributed by atoms with van der Waals surface area (Å²) in [5, 5.41) is 4.05. The first-order chi connectivity index (χ1) is 11.2. The van der Waals surface area contributed by atoms with Crippen molar-refractivity contribution in [1.82, 2.24) is 14.8 Å². The second-order valence-electron chi connectivity index (χ2n) is 6.30. The van der Waals surface area contributed by atoms with Gasteiger partial charge in [0.15, 0.2) is 0 Å². The number of benzene rings is 1. The summed E-state index contributed by atoms with van der Waals surface area (Å²) in [7, 11) is 0. The standard InChI is InChI=1S/C16H17F3N4O/c1-15(2,11-5-3-6-12(9-11)16(17,18)19)13(24)22-7-4-8-23-14(22)20-10-21-23/h3,5-6,9-10H,4,7-8H2,1-2H3.